The molecule has 1 heterocycles. The highest BCUT2D eigenvalue weighted by Gasteiger charge is 2.75. The van der Waals surface area contributed by atoms with Gasteiger partial charge in [0, 0.05) is 17.1 Å². The molecule has 3 aromatic carbocycles. The van der Waals surface area contributed by atoms with Crippen molar-refractivity contribution in [2.24, 2.45) is 0 Å². The van der Waals surface area contributed by atoms with Crippen molar-refractivity contribution in [1.29, 1.82) is 0 Å². The maximum atomic E-state index is 14.2. The van der Waals surface area contributed by atoms with Crippen LogP contribution in [0.1, 0.15) is 11.1 Å². The van der Waals surface area contributed by atoms with Crippen molar-refractivity contribution < 1.29 is 26.3 Å². The number of benzene rings is 3. The maximum Gasteiger partial charge on any atom is 0.411 e. The predicted octanol–water partition coefficient (Wildman–Crippen LogP) is 7.29. The first kappa shape index (κ1) is 19.6. The van der Waals surface area contributed by atoms with Gasteiger partial charge in [-0.3, -0.25) is 4.98 Å². The first-order valence-corrected chi connectivity index (χ1v) is 9.38. The SMILES string of the molecule is FC(F)(F)C1(C(F)(F)F)c2ccccc2-c2cc(-c3nccc4ccccc34)ccc21. The molecular weight excluding hydrogens is 416 g/mol. The Balaban J connectivity index is 1.84. The Morgan fingerprint density at radius 1 is 0.645 bits per heavy atom. The molecule has 1 nitrogen and oxygen atoms in total. The van der Waals surface area contributed by atoms with Gasteiger partial charge >= 0.3 is 12.4 Å². The van der Waals surface area contributed by atoms with E-state index in [1.54, 1.807) is 18.3 Å². The molecule has 0 aliphatic heterocycles. The summed E-state index contributed by atoms with van der Waals surface area (Å²) >= 11 is 0. The lowest BCUT2D eigenvalue weighted by molar-refractivity contribution is -0.287. The van der Waals surface area contributed by atoms with Crippen molar-refractivity contribution in [2.45, 2.75) is 17.8 Å². The number of aromatic nitrogens is 1. The molecule has 1 aliphatic rings. The molecule has 7 heteroatoms. The van der Waals surface area contributed by atoms with Crippen molar-refractivity contribution in [3.63, 3.8) is 0 Å². The second kappa shape index (κ2) is 6.33. The Hall–Kier alpha value is -3.35. The number of rotatable bonds is 1. The average Bonchev–Trinajstić information content (AvgIpc) is 3.04. The van der Waals surface area contributed by atoms with Gasteiger partial charge in [0.2, 0.25) is 5.41 Å². The van der Waals surface area contributed by atoms with E-state index in [-0.39, 0.29) is 11.1 Å². The summed E-state index contributed by atoms with van der Waals surface area (Å²) in [5.74, 6) is 0. The molecule has 0 spiro atoms. The summed E-state index contributed by atoms with van der Waals surface area (Å²) in [5.41, 5.74) is -4.89. The topological polar surface area (TPSA) is 12.9 Å². The van der Waals surface area contributed by atoms with Gasteiger partial charge in [-0.05, 0) is 39.8 Å². The fourth-order valence-corrected chi connectivity index (χ4v) is 4.55. The summed E-state index contributed by atoms with van der Waals surface area (Å²) in [6.07, 6.45) is -9.56. The van der Waals surface area contributed by atoms with Crippen LogP contribution in [0.25, 0.3) is 33.2 Å². The van der Waals surface area contributed by atoms with Crippen LogP contribution in [0.3, 0.4) is 0 Å². The smallest absolute Gasteiger partial charge is 0.256 e. The Morgan fingerprint density at radius 2 is 1.29 bits per heavy atom. The second-order valence-corrected chi connectivity index (χ2v) is 7.43. The molecule has 156 valence electrons. The van der Waals surface area contributed by atoms with Gasteiger partial charge in [-0.25, -0.2) is 0 Å². The van der Waals surface area contributed by atoms with E-state index in [2.05, 4.69) is 4.98 Å². The molecule has 5 rings (SSSR count). The van der Waals surface area contributed by atoms with E-state index in [1.165, 1.54) is 30.3 Å². The van der Waals surface area contributed by atoms with Crippen LogP contribution >= 0.6 is 0 Å². The minimum atomic E-state index is -5.56. The summed E-state index contributed by atoms with van der Waals surface area (Å²) in [5, 5.41) is 1.63. The Labute approximate surface area is 173 Å². The van der Waals surface area contributed by atoms with Gasteiger partial charge in [0.1, 0.15) is 0 Å². The summed E-state index contributed by atoms with van der Waals surface area (Å²) in [6.45, 7) is 0. The predicted molar refractivity (Wildman–Crippen MR) is 106 cm³/mol. The number of fused-ring (bicyclic) bond motifs is 4. The molecule has 0 fully saturated rings. The molecule has 0 radical (unpaired) electrons. The number of hydrogen-bond acceptors (Lipinski definition) is 1. The largest absolute Gasteiger partial charge is 0.411 e. The molecule has 0 amide bonds. The molecular formula is C24H13F6N. The van der Waals surface area contributed by atoms with E-state index in [0.717, 1.165) is 22.9 Å². The Bertz CT molecular complexity index is 1300. The number of halogens is 6. The average molecular weight is 429 g/mol. The third-order valence-corrected chi connectivity index (χ3v) is 5.84. The number of pyridine rings is 1. The minimum Gasteiger partial charge on any atom is -0.256 e. The van der Waals surface area contributed by atoms with Gasteiger partial charge in [-0.2, -0.15) is 26.3 Å². The van der Waals surface area contributed by atoms with E-state index < -0.39 is 28.9 Å². The zero-order valence-electron chi connectivity index (χ0n) is 15.7. The fraction of sp³-hybridized carbons (Fsp3) is 0.125. The first-order valence-electron chi connectivity index (χ1n) is 9.38. The van der Waals surface area contributed by atoms with Crippen LogP contribution in [-0.4, -0.2) is 17.3 Å². The number of alkyl halides is 6. The van der Waals surface area contributed by atoms with Crippen LogP contribution in [0.15, 0.2) is 79.0 Å². The number of hydrogen-bond donors (Lipinski definition) is 0. The highest BCUT2D eigenvalue weighted by molar-refractivity contribution is 5.96. The van der Waals surface area contributed by atoms with Crippen LogP contribution in [0, 0.1) is 0 Å². The van der Waals surface area contributed by atoms with Crippen molar-refractivity contribution in [2.75, 3.05) is 0 Å². The van der Waals surface area contributed by atoms with Crippen molar-refractivity contribution in [1.82, 2.24) is 4.98 Å². The molecule has 1 aromatic heterocycles. The van der Waals surface area contributed by atoms with Gasteiger partial charge in [-0.15, -0.1) is 0 Å². The van der Waals surface area contributed by atoms with Gasteiger partial charge < -0.3 is 0 Å². The second-order valence-electron chi connectivity index (χ2n) is 7.43. The fourth-order valence-electron chi connectivity index (χ4n) is 4.55. The summed E-state index contributed by atoms with van der Waals surface area (Å²) in [6, 6.07) is 17.6. The standard InChI is InChI=1S/C24H13F6N/c25-23(26,27)22(24(28,29)30)19-8-4-3-7-17(19)18-13-15(9-10-20(18)22)21-16-6-2-1-5-14(16)11-12-31-21/h1-13H. The van der Waals surface area contributed by atoms with Crippen molar-refractivity contribution >= 4 is 10.8 Å². The maximum absolute atomic E-state index is 14.2. The lowest BCUT2D eigenvalue weighted by atomic mass is 9.76. The van der Waals surface area contributed by atoms with Crippen LogP contribution in [-0.2, 0) is 5.41 Å². The Kier molecular flexibility index (Phi) is 4.00. The van der Waals surface area contributed by atoms with Crippen LogP contribution in [0.2, 0.25) is 0 Å². The Morgan fingerprint density at radius 3 is 2.03 bits per heavy atom. The lowest BCUT2D eigenvalue weighted by Crippen LogP contribution is -2.53. The van der Waals surface area contributed by atoms with Gasteiger partial charge in [0.25, 0.3) is 0 Å². The van der Waals surface area contributed by atoms with Crippen LogP contribution in [0.5, 0.6) is 0 Å². The van der Waals surface area contributed by atoms with Gasteiger partial charge in [0.15, 0.2) is 0 Å². The zero-order chi connectivity index (χ0) is 22.0. The summed E-state index contributed by atoms with van der Waals surface area (Å²) < 4.78 is 85.0. The molecule has 0 saturated carbocycles. The van der Waals surface area contributed by atoms with Crippen LogP contribution in [0.4, 0.5) is 26.3 Å². The molecule has 0 bridgehead atoms. The van der Waals surface area contributed by atoms with Crippen molar-refractivity contribution in [3.05, 3.63) is 90.1 Å². The summed E-state index contributed by atoms with van der Waals surface area (Å²) in [4.78, 5) is 4.35. The molecule has 0 atom stereocenters. The van der Waals surface area contributed by atoms with E-state index in [9.17, 15) is 26.3 Å². The van der Waals surface area contributed by atoms with Gasteiger partial charge in [0.05, 0.1) is 5.69 Å². The van der Waals surface area contributed by atoms with E-state index in [4.69, 9.17) is 0 Å². The zero-order valence-corrected chi connectivity index (χ0v) is 15.7. The van der Waals surface area contributed by atoms with E-state index in [0.29, 0.717) is 11.3 Å². The van der Waals surface area contributed by atoms with Crippen LogP contribution < -0.4 is 0 Å². The molecule has 31 heavy (non-hydrogen) atoms. The lowest BCUT2D eigenvalue weighted by Gasteiger charge is -2.35. The third-order valence-electron chi connectivity index (χ3n) is 5.84. The monoisotopic (exact) mass is 429 g/mol. The van der Waals surface area contributed by atoms with Crippen molar-refractivity contribution in [3.8, 4) is 22.4 Å². The first-order chi connectivity index (χ1) is 14.7. The molecule has 0 saturated heterocycles. The third kappa shape index (κ3) is 2.55. The minimum absolute atomic E-state index is 0.0748. The van der Waals surface area contributed by atoms with Gasteiger partial charge in [-0.1, -0.05) is 60.7 Å². The highest BCUT2D eigenvalue weighted by Crippen LogP contribution is 2.63. The quantitative estimate of drug-likeness (QED) is 0.290. The molecule has 4 aromatic rings. The summed E-state index contributed by atoms with van der Waals surface area (Å²) in [7, 11) is 0. The normalized spacial score (nSPS) is 15.0. The van der Waals surface area contributed by atoms with E-state index >= 15 is 0 Å². The number of nitrogens with zero attached hydrogens (tertiary/aromatic N) is 1. The molecule has 0 N–H and O–H groups in total. The molecule has 1 aliphatic carbocycles. The van der Waals surface area contributed by atoms with E-state index in [1.807, 2.05) is 18.2 Å². The highest BCUT2D eigenvalue weighted by atomic mass is 19.4. The molecule has 0 unspecified atom stereocenters.